The third-order valence-electron chi connectivity index (χ3n) is 3.74. The molecule has 0 spiro atoms. The van der Waals surface area contributed by atoms with Crippen LogP contribution in [-0.4, -0.2) is 27.2 Å². The van der Waals surface area contributed by atoms with Crippen molar-refractivity contribution in [2.75, 3.05) is 6.54 Å². The standard InChI is InChI=1S/C18H15FN4O3/c19-14-6-4-13(5-7-14)8-10-20-18(24)17-9-11-22(21-17)15-2-1-3-16(12-15)23(25)26/h1-7,9,11-12H,8,10H2,(H,20,24). The molecule has 1 heterocycles. The van der Waals surface area contributed by atoms with Crippen molar-refractivity contribution in [1.29, 1.82) is 0 Å². The van der Waals surface area contributed by atoms with E-state index in [4.69, 9.17) is 0 Å². The summed E-state index contributed by atoms with van der Waals surface area (Å²) in [5.41, 5.74) is 1.55. The smallest absolute Gasteiger partial charge is 0.271 e. The summed E-state index contributed by atoms with van der Waals surface area (Å²) in [7, 11) is 0. The molecule has 0 aliphatic rings. The molecule has 8 heteroatoms. The molecule has 0 fully saturated rings. The second-order valence-corrected chi connectivity index (χ2v) is 5.55. The lowest BCUT2D eigenvalue weighted by atomic mass is 10.1. The molecule has 2 aromatic carbocycles. The quantitative estimate of drug-likeness (QED) is 0.544. The number of aromatic nitrogens is 2. The Morgan fingerprint density at radius 2 is 1.96 bits per heavy atom. The first-order valence-corrected chi connectivity index (χ1v) is 7.86. The molecule has 0 aliphatic heterocycles. The van der Waals surface area contributed by atoms with E-state index >= 15 is 0 Å². The van der Waals surface area contributed by atoms with E-state index in [1.165, 1.54) is 35.0 Å². The number of hydrogen-bond donors (Lipinski definition) is 1. The highest BCUT2D eigenvalue weighted by atomic mass is 19.1. The Morgan fingerprint density at radius 1 is 1.19 bits per heavy atom. The summed E-state index contributed by atoms with van der Waals surface area (Å²) in [5.74, 6) is -0.652. The van der Waals surface area contributed by atoms with Crippen molar-refractivity contribution in [3.63, 3.8) is 0 Å². The Kier molecular flexibility index (Phi) is 5.02. The van der Waals surface area contributed by atoms with Gasteiger partial charge in [0.1, 0.15) is 5.82 Å². The van der Waals surface area contributed by atoms with Gasteiger partial charge in [0, 0.05) is 24.9 Å². The van der Waals surface area contributed by atoms with E-state index in [-0.39, 0.29) is 23.1 Å². The van der Waals surface area contributed by atoms with Gasteiger partial charge in [-0.15, -0.1) is 0 Å². The first kappa shape index (κ1) is 17.3. The maximum Gasteiger partial charge on any atom is 0.271 e. The van der Waals surface area contributed by atoms with Crippen LogP contribution in [0.2, 0.25) is 0 Å². The average molecular weight is 354 g/mol. The van der Waals surface area contributed by atoms with Gasteiger partial charge >= 0.3 is 0 Å². The van der Waals surface area contributed by atoms with Gasteiger partial charge in [0.2, 0.25) is 0 Å². The number of carbonyl (C=O) groups excluding carboxylic acids is 1. The molecular formula is C18H15FN4O3. The second-order valence-electron chi connectivity index (χ2n) is 5.55. The summed E-state index contributed by atoms with van der Waals surface area (Å²) in [6, 6.07) is 13.6. The Labute approximate surface area is 148 Å². The Morgan fingerprint density at radius 3 is 2.69 bits per heavy atom. The zero-order valence-electron chi connectivity index (χ0n) is 13.6. The first-order valence-electron chi connectivity index (χ1n) is 7.86. The number of nitrogens with zero attached hydrogens (tertiary/aromatic N) is 3. The molecule has 26 heavy (non-hydrogen) atoms. The van der Waals surface area contributed by atoms with Gasteiger partial charge in [-0.05, 0) is 36.2 Å². The Balaban J connectivity index is 1.62. The van der Waals surface area contributed by atoms with Crippen molar-refractivity contribution >= 4 is 11.6 Å². The molecule has 1 aromatic heterocycles. The lowest BCUT2D eigenvalue weighted by molar-refractivity contribution is -0.384. The van der Waals surface area contributed by atoms with Gasteiger partial charge < -0.3 is 5.32 Å². The van der Waals surface area contributed by atoms with Crippen molar-refractivity contribution < 1.29 is 14.1 Å². The number of nitrogens with one attached hydrogen (secondary N) is 1. The molecule has 1 amide bonds. The molecule has 0 unspecified atom stereocenters. The zero-order valence-corrected chi connectivity index (χ0v) is 13.6. The number of hydrogen-bond acceptors (Lipinski definition) is 4. The van der Waals surface area contributed by atoms with Crippen LogP contribution in [0, 0.1) is 15.9 Å². The van der Waals surface area contributed by atoms with Crippen LogP contribution in [0.4, 0.5) is 10.1 Å². The summed E-state index contributed by atoms with van der Waals surface area (Å²) in [5, 5.41) is 17.7. The summed E-state index contributed by atoms with van der Waals surface area (Å²) in [4.78, 5) is 22.5. The maximum atomic E-state index is 12.9. The topological polar surface area (TPSA) is 90.1 Å². The highest BCUT2D eigenvalue weighted by Crippen LogP contribution is 2.16. The predicted octanol–water partition coefficient (Wildman–Crippen LogP) is 2.89. The van der Waals surface area contributed by atoms with Gasteiger partial charge in [-0.3, -0.25) is 14.9 Å². The predicted molar refractivity (Wildman–Crippen MR) is 92.7 cm³/mol. The van der Waals surface area contributed by atoms with Crippen molar-refractivity contribution in [2.24, 2.45) is 0 Å². The van der Waals surface area contributed by atoms with E-state index in [9.17, 15) is 19.3 Å². The van der Waals surface area contributed by atoms with E-state index in [2.05, 4.69) is 10.4 Å². The number of nitro groups is 1. The molecule has 0 aliphatic carbocycles. The van der Waals surface area contributed by atoms with E-state index in [1.54, 1.807) is 30.5 Å². The highest BCUT2D eigenvalue weighted by molar-refractivity contribution is 5.92. The third kappa shape index (κ3) is 4.10. The lowest BCUT2D eigenvalue weighted by Gasteiger charge is -2.04. The Hall–Kier alpha value is -3.55. The van der Waals surface area contributed by atoms with Crippen LogP contribution < -0.4 is 5.32 Å². The fourth-order valence-corrected chi connectivity index (χ4v) is 2.40. The molecule has 132 valence electrons. The average Bonchev–Trinajstić information content (AvgIpc) is 3.14. The molecule has 0 saturated heterocycles. The minimum absolute atomic E-state index is 0.0525. The lowest BCUT2D eigenvalue weighted by Crippen LogP contribution is -2.26. The molecule has 0 atom stereocenters. The monoisotopic (exact) mass is 354 g/mol. The fourth-order valence-electron chi connectivity index (χ4n) is 2.40. The summed E-state index contributed by atoms with van der Waals surface area (Å²) in [6.07, 6.45) is 2.13. The molecule has 3 rings (SSSR count). The zero-order chi connectivity index (χ0) is 18.5. The fraction of sp³-hybridized carbons (Fsp3) is 0.111. The largest absolute Gasteiger partial charge is 0.350 e. The third-order valence-corrected chi connectivity index (χ3v) is 3.74. The van der Waals surface area contributed by atoms with Crippen LogP contribution >= 0.6 is 0 Å². The van der Waals surface area contributed by atoms with Crippen LogP contribution in [0.3, 0.4) is 0 Å². The number of carbonyl (C=O) groups is 1. The van der Waals surface area contributed by atoms with Gasteiger partial charge in [0.25, 0.3) is 11.6 Å². The second kappa shape index (κ2) is 7.56. The van der Waals surface area contributed by atoms with Crippen LogP contribution in [0.1, 0.15) is 16.1 Å². The van der Waals surface area contributed by atoms with Crippen LogP contribution in [0.25, 0.3) is 5.69 Å². The molecule has 0 radical (unpaired) electrons. The maximum absolute atomic E-state index is 12.9. The van der Waals surface area contributed by atoms with Crippen LogP contribution in [0.5, 0.6) is 0 Å². The molecule has 7 nitrogen and oxygen atoms in total. The SMILES string of the molecule is O=C(NCCc1ccc(F)cc1)c1ccn(-c2cccc([N+](=O)[O-])c2)n1. The minimum Gasteiger partial charge on any atom is -0.350 e. The van der Waals surface area contributed by atoms with Gasteiger partial charge in [-0.25, -0.2) is 9.07 Å². The van der Waals surface area contributed by atoms with Crippen LogP contribution in [0.15, 0.2) is 60.8 Å². The molecule has 0 saturated carbocycles. The van der Waals surface area contributed by atoms with Gasteiger partial charge in [-0.1, -0.05) is 18.2 Å². The van der Waals surface area contributed by atoms with E-state index in [1.807, 2.05) is 0 Å². The normalized spacial score (nSPS) is 10.5. The number of halogens is 1. The number of amides is 1. The van der Waals surface area contributed by atoms with Crippen molar-refractivity contribution in [1.82, 2.24) is 15.1 Å². The number of nitro benzene ring substituents is 1. The molecular weight excluding hydrogens is 339 g/mol. The Bertz CT molecular complexity index is 938. The van der Waals surface area contributed by atoms with Crippen molar-refractivity contribution in [2.45, 2.75) is 6.42 Å². The first-order chi connectivity index (χ1) is 12.5. The number of benzene rings is 2. The van der Waals surface area contributed by atoms with Gasteiger partial charge in [-0.2, -0.15) is 5.10 Å². The summed E-state index contributed by atoms with van der Waals surface area (Å²) in [6.45, 7) is 0.383. The number of non-ortho nitro benzene ring substituents is 1. The summed E-state index contributed by atoms with van der Waals surface area (Å²) < 4.78 is 14.3. The summed E-state index contributed by atoms with van der Waals surface area (Å²) >= 11 is 0. The van der Waals surface area contributed by atoms with E-state index in [0.29, 0.717) is 18.7 Å². The van der Waals surface area contributed by atoms with Crippen LogP contribution in [-0.2, 0) is 6.42 Å². The van der Waals surface area contributed by atoms with Crippen molar-refractivity contribution in [3.05, 3.63) is 88.0 Å². The van der Waals surface area contributed by atoms with Gasteiger partial charge in [0.15, 0.2) is 5.69 Å². The highest BCUT2D eigenvalue weighted by Gasteiger charge is 2.12. The van der Waals surface area contributed by atoms with E-state index in [0.717, 1.165) is 5.56 Å². The van der Waals surface area contributed by atoms with Crippen molar-refractivity contribution in [3.8, 4) is 5.69 Å². The molecule has 1 N–H and O–H groups in total. The van der Waals surface area contributed by atoms with Gasteiger partial charge in [0.05, 0.1) is 10.6 Å². The molecule has 3 aromatic rings. The van der Waals surface area contributed by atoms with E-state index < -0.39 is 4.92 Å². The molecule has 0 bridgehead atoms. The minimum atomic E-state index is -0.490. The number of rotatable bonds is 6.